The van der Waals surface area contributed by atoms with E-state index in [1.54, 1.807) is 13.3 Å². The maximum absolute atomic E-state index is 9.46. The fraction of sp³-hybridized carbons (Fsp3) is 0.105. The van der Waals surface area contributed by atoms with E-state index in [9.17, 15) is 5.26 Å². The first kappa shape index (κ1) is 16.7. The van der Waals surface area contributed by atoms with Gasteiger partial charge in [0.2, 0.25) is 0 Å². The van der Waals surface area contributed by atoms with Crippen LogP contribution in [-0.4, -0.2) is 23.5 Å². The molecule has 0 saturated heterocycles. The van der Waals surface area contributed by atoms with Gasteiger partial charge in [-0.05, 0) is 47.5 Å². The molecule has 0 spiro atoms. The smallest absolute Gasteiger partial charge is 0.191 e. The van der Waals surface area contributed by atoms with Gasteiger partial charge in [0.15, 0.2) is 5.82 Å². The molecular weight excluding hydrogens is 336 g/mol. The van der Waals surface area contributed by atoms with Crippen LogP contribution in [0, 0.1) is 11.3 Å². The Labute approximate surface area is 150 Å². The summed E-state index contributed by atoms with van der Waals surface area (Å²) in [5.41, 5.74) is 3.04. The summed E-state index contributed by atoms with van der Waals surface area (Å²) in [6.07, 6.45) is 2.20. The summed E-state index contributed by atoms with van der Waals surface area (Å²) in [4.78, 5) is 4.33. The summed E-state index contributed by atoms with van der Waals surface area (Å²) in [5, 5.41) is 17.2. The molecule has 6 heteroatoms. The van der Waals surface area contributed by atoms with Gasteiger partial charge < -0.3 is 4.74 Å². The second-order valence-electron chi connectivity index (χ2n) is 5.35. The number of rotatable bonds is 5. The van der Waals surface area contributed by atoms with Crippen LogP contribution in [0.25, 0.3) is 0 Å². The Balaban J connectivity index is 1.82. The van der Waals surface area contributed by atoms with Gasteiger partial charge in [0, 0.05) is 17.7 Å². The van der Waals surface area contributed by atoms with E-state index in [4.69, 9.17) is 16.3 Å². The molecule has 2 aromatic carbocycles. The van der Waals surface area contributed by atoms with Crippen molar-refractivity contribution < 1.29 is 4.74 Å². The summed E-state index contributed by atoms with van der Waals surface area (Å²) >= 11 is 6.01. The Bertz CT molecular complexity index is 939. The number of nitriles is 1. The molecule has 0 radical (unpaired) electrons. The van der Waals surface area contributed by atoms with Gasteiger partial charge in [-0.1, -0.05) is 23.7 Å². The molecule has 0 saturated carbocycles. The summed E-state index contributed by atoms with van der Waals surface area (Å²) in [6.45, 7) is 0. The van der Waals surface area contributed by atoms with E-state index in [1.165, 1.54) is 0 Å². The van der Waals surface area contributed by atoms with Crippen molar-refractivity contribution in [3.63, 3.8) is 0 Å². The van der Waals surface area contributed by atoms with Crippen LogP contribution in [-0.2, 0) is 6.42 Å². The zero-order valence-corrected chi connectivity index (χ0v) is 14.3. The predicted octanol–water partition coefficient (Wildman–Crippen LogP) is 4.28. The Morgan fingerprint density at radius 1 is 1.28 bits per heavy atom. The highest BCUT2D eigenvalue weighted by Crippen LogP contribution is 2.22. The fourth-order valence-corrected chi connectivity index (χ4v) is 2.60. The monoisotopic (exact) mass is 350 g/mol. The lowest BCUT2D eigenvalue weighted by Gasteiger charge is -2.00. The van der Waals surface area contributed by atoms with Crippen molar-refractivity contribution in [3.8, 4) is 11.8 Å². The molecule has 0 aliphatic carbocycles. The number of aliphatic imine (C=N–C) groups is 1. The van der Waals surface area contributed by atoms with Crippen LogP contribution in [0.4, 0.5) is 5.82 Å². The first-order chi connectivity index (χ1) is 12.2. The van der Waals surface area contributed by atoms with Crippen LogP contribution in [0.1, 0.15) is 22.4 Å². The molecule has 25 heavy (non-hydrogen) atoms. The van der Waals surface area contributed by atoms with Gasteiger partial charge in [0.25, 0.3) is 0 Å². The second kappa shape index (κ2) is 7.65. The number of ether oxygens (including phenoxy) is 1. The second-order valence-corrected chi connectivity index (χ2v) is 5.79. The molecule has 5 nitrogen and oxygen atoms in total. The van der Waals surface area contributed by atoms with Crippen molar-refractivity contribution in [1.82, 2.24) is 10.2 Å². The number of nitrogens with one attached hydrogen (secondary N) is 1. The largest absolute Gasteiger partial charge is 0.497 e. The standard InChI is InChI=1S/C19H15ClN4O/c1-25-16-7-5-13(6-8-16)12-22-19-17(11-21)18(23-24-19)10-14-3-2-4-15(20)9-14/h2-9,12H,10H2,1H3,(H,23,24). The van der Waals surface area contributed by atoms with Gasteiger partial charge in [-0.3, -0.25) is 5.10 Å². The number of aromatic nitrogens is 2. The maximum Gasteiger partial charge on any atom is 0.191 e. The SMILES string of the molecule is COc1ccc(C=Nc2n[nH]c(Cc3cccc(Cl)c3)c2C#N)cc1. The molecule has 0 fully saturated rings. The average molecular weight is 351 g/mol. The first-order valence-electron chi connectivity index (χ1n) is 7.59. The number of H-pyrrole nitrogens is 1. The molecule has 0 aliphatic rings. The van der Waals surface area contributed by atoms with Gasteiger partial charge in [0.05, 0.1) is 12.8 Å². The lowest BCUT2D eigenvalue weighted by atomic mass is 10.1. The van der Waals surface area contributed by atoms with Crippen LogP contribution < -0.4 is 4.74 Å². The third-order valence-electron chi connectivity index (χ3n) is 3.66. The highest BCUT2D eigenvalue weighted by molar-refractivity contribution is 6.30. The first-order valence-corrected chi connectivity index (χ1v) is 7.97. The maximum atomic E-state index is 9.46. The number of nitrogens with zero attached hydrogens (tertiary/aromatic N) is 3. The van der Waals surface area contributed by atoms with Gasteiger partial charge >= 0.3 is 0 Å². The highest BCUT2D eigenvalue weighted by atomic mass is 35.5. The third-order valence-corrected chi connectivity index (χ3v) is 3.89. The number of halogens is 1. The predicted molar refractivity (Wildman–Crippen MR) is 97.8 cm³/mol. The van der Waals surface area contributed by atoms with E-state index >= 15 is 0 Å². The van der Waals surface area contributed by atoms with Gasteiger partial charge in [-0.15, -0.1) is 0 Å². The van der Waals surface area contributed by atoms with Crippen molar-refractivity contribution in [2.75, 3.05) is 7.11 Å². The quantitative estimate of drug-likeness (QED) is 0.698. The fourth-order valence-electron chi connectivity index (χ4n) is 2.38. The molecule has 3 rings (SSSR count). The van der Waals surface area contributed by atoms with E-state index in [-0.39, 0.29) is 0 Å². The molecule has 0 aliphatic heterocycles. The molecule has 1 heterocycles. The van der Waals surface area contributed by atoms with Crippen LogP contribution in [0.3, 0.4) is 0 Å². The molecule has 0 bridgehead atoms. The van der Waals surface area contributed by atoms with E-state index in [1.807, 2.05) is 48.5 Å². The Morgan fingerprint density at radius 3 is 2.76 bits per heavy atom. The number of hydrogen-bond donors (Lipinski definition) is 1. The zero-order chi connectivity index (χ0) is 17.6. The van der Waals surface area contributed by atoms with Crippen molar-refractivity contribution in [1.29, 1.82) is 5.26 Å². The number of aromatic amines is 1. The van der Waals surface area contributed by atoms with Gasteiger partial charge in [-0.25, -0.2) is 4.99 Å². The van der Waals surface area contributed by atoms with Crippen LogP contribution in [0.2, 0.25) is 5.02 Å². The van der Waals surface area contributed by atoms with Crippen molar-refractivity contribution in [3.05, 3.63) is 75.9 Å². The molecule has 0 amide bonds. The van der Waals surface area contributed by atoms with Crippen molar-refractivity contribution in [2.24, 2.45) is 4.99 Å². The molecule has 3 aromatic rings. The van der Waals surface area contributed by atoms with Crippen molar-refractivity contribution in [2.45, 2.75) is 6.42 Å². The summed E-state index contributed by atoms with van der Waals surface area (Å²) in [6, 6.07) is 17.1. The lowest BCUT2D eigenvalue weighted by molar-refractivity contribution is 0.415. The lowest BCUT2D eigenvalue weighted by Crippen LogP contribution is -1.91. The minimum Gasteiger partial charge on any atom is -0.497 e. The minimum atomic E-state index is 0.371. The number of benzene rings is 2. The molecule has 0 atom stereocenters. The Hall–Kier alpha value is -3.10. The van der Waals surface area contributed by atoms with Crippen LogP contribution in [0.5, 0.6) is 5.75 Å². The molecular formula is C19H15ClN4O. The zero-order valence-electron chi connectivity index (χ0n) is 13.5. The van der Waals surface area contributed by atoms with E-state index < -0.39 is 0 Å². The van der Waals surface area contributed by atoms with E-state index in [0.717, 1.165) is 16.9 Å². The van der Waals surface area contributed by atoms with Crippen LogP contribution in [0.15, 0.2) is 53.5 Å². The summed E-state index contributed by atoms with van der Waals surface area (Å²) in [5.74, 6) is 1.15. The molecule has 0 unspecified atom stereocenters. The van der Waals surface area contributed by atoms with Crippen LogP contribution >= 0.6 is 11.6 Å². The average Bonchev–Trinajstić information content (AvgIpc) is 3.02. The minimum absolute atomic E-state index is 0.371. The van der Waals surface area contributed by atoms with Gasteiger partial charge in [0.1, 0.15) is 17.4 Å². The molecule has 1 aromatic heterocycles. The Morgan fingerprint density at radius 2 is 2.08 bits per heavy atom. The summed E-state index contributed by atoms with van der Waals surface area (Å²) < 4.78 is 5.12. The normalized spacial score (nSPS) is 10.8. The highest BCUT2D eigenvalue weighted by Gasteiger charge is 2.12. The van der Waals surface area contributed by atoms with Crippen molar-refractivity contribution >= 4 is 23.6 Å². The summed E-state index contributed by atoms with van der Waals surface area (Å²) in [7, 11) is 1.62. The topological polar surface area (TPSA) is 74.1 Å². The number of hydrogen-bond acceptors (Lipinski definition) is 4. The van der Waals surface area contributed by atoms with Gasteiger partial charge in [-0.2, -0.15) is 10.4 Å². The van der Waals surface area contributed by atoms with E-state index in [0.29, 0.717) is 28.5 Å². The Kier molecular flexibility index (Phi) is 5.12. The third kappa shape index (κ3) is 4.06. The molecule has 124 valence electrons. The van der Waals surface area contributed by atoms with E-state index in [2.05, 4.69) is 21.3 Å². The molecule has 1 N–H and O–H groups in total. The number of methoxy groups -OCH3 is 1.